The molecule has 2 aromatic rings. The third-order valence-corrected chi connectivity index (χ3v) is 7.92. The average molecular weight is 503 g/mol. The Kier molecular flexibility index (Phi) is 8.01. The molecular formula is C24H30N4O6S. The minimum absolute atomic E-state index is 0.0154. The van der Waals surface area contributed by atoms with E-state index in [1.54, 1.807) is 24.3 Å². The van der Waals surface area contributed by atoms with E-state index < -0.39 is 10.0 Å². The quantitative estimate of drug-likeness (QED) is 0.604. The first kappa shape index (κ1) is 25.1. The molecule has 0 saturated carbocycles. The van der Waals surface area contributed by atoms with E-state index in [-0.39, 0.29) is 23.3 Å². The van der Waals surface area contributed by atoms with Crippen LogP contribution < -0.4 is 10.1 Å². The van der Waals surface area contributed by atoms with Gasteiger partial charge in [0.15, 0.2) is 6.61 Å². The van der Waals surface area contributed by atoms with Crippen molar-refractivity contribution in [3.63, 3.8) is 0 Å². The number of hydrogen-bond acceptors (Lipinski definition) is 7. The van der Waals surface area contributed by atoms with Crippen LogP contribution in [0, 0.1) is 0 Å². The van der Waals surface area contributed by atoms with Gasteiger partial charge in [-0.25, -0.2) is 8.42 Å². The largest absolute Gasteiger partial charge is 0.484 e. The second-order valence-electron chi connectivity index (χ2n) is 8.50. The highest BCUT2D eigenvalue weighted by molar-refractivity contribution is 7.89. The Morgan fingerprint density at radius 1 is 0.914 bits per heavy atom. The maximum atomic E-state index is 12.7. The Labute approximate surface area is 205 Å². The van der Waals surface area contributed by atoms with E-state index in [1.807, 2.05) is 11.9 Å². The monoisotopic (exact) mass is 502 g/mol. The maximum Gasteiger partial charge on any atom is 0.262 e. The molecule has 2 saturated heterocycles. The molecule has 0 aromatic heterocycles. The van der Waals surface area contributed by atoms with E-state index in [1.165, 1.54) is 28.6 Å². The predicted octanol–water partition coefficient (Wildman–Crippen LogP) is 1.11. The molecule has 0 spiro atoms. The summed E-state index contributed by atoms with van der Waals surface area (Å²) in [7, 11) is -1.54. The van der Waals surface area contributed by atoms with Crippen LogP contribution >= 0.6 is 0 Å². The van der Waals surface area contributed by atoms with E-state index in [2.05, 4.69) is 10.2 Å². The van der Waals surface area contributed by atoms with Gasteiger partial charge in [-0.15, -0.1) is 0 Å². The average Bonchev–Trinajstić information content (AvgIpc) is 2.89. The van der Waals surface area contributed by atoms with E-state index in [4.69, 9.17) is 9.47 Å². The minimum Gasteiger partial charge on any atom is -0.484 e. The maximum absolute atomic E-state index is 12.7. The lowest BCUT2D eigenvalue weighted by Gasteiger charge is -2.32. The molecule has 188 valence electrons. The number of sulfonamides is 1. The third-order valence-electron chi connectivity index (χ3n) is 6.01. The first-order valence-electron chi connectivity index (χ1n) is 11.5. The van der Waals surface area contributed by atoms with Gasteiger partial charge >= 0.3 is 0 Å². The Balaban J connectivity index is 1.26. The van der Waals surface area contributed by atoms with Gasteiger partial charge in [0.25, 0.3) is 11.8 Å². The molecule has 0 unspecified atom stereocenters. The van der Waals surface area contributed by atoms with Gasteiger partial charge < -0.3 is 24.6 Å². The molecule has 35 heavy (non-hydrogen) atoms. The Morgan fingerprint density at radius 3 is 2.17 bits per heavy atom. The number of rotatable bonds is 7. The van der Waals surface area contributed by atoms with Crippen LogP contribution in [0.25, 0.3) is 0 Å². The summed E-state index contributed by atoms with van der Waals surface area (Å²) in [6.45, 7) is 4.28. The van der Waals surface area contributed by atoms with Gasteiger partial charge in [-0.1, -0.05) is 0 Å². The number of morpholine rings is 1. The van der Waals surface area contributed by atoms with Gasteiger partial charge in [0, 0.05) is 50.5 Å². The van der Waals surface area contributed by atoms with Crippen molar-refractivity contribution in [1.82, 2.24) is 14.1 Å². The van der Waals surface area contributed by atoms with Crippen LogP contribution in [0.15, 0.2) is 53.4 Å². The summed E-state index contributed by atoms with van der Waals surface area (Å²) < 4.78 is 37.5. The van der Waals surface area contributed by atoms with E-state index in [0.29, 0.717) is 56.4 Å². The molecule has 0 atom stereocenters. The fourth-order valence-corrected chi connectivity index (χ4v) is 5.29. The van der Waals surface area contributed by atoms with E-state index >= 15 is 0 Å². The number of anilines is 1. The molecule has 2 amide bonds. The number of carbonyl (C=O) groups is 2. The molecule has 0 bridgehead atoms. The third kappa shape index (κ3) is 6.37. The van der Waals surface area contributed by atoms with Crippen LogP contribution in [0.3, 0.4) is 0 Å². The van der Waals surface area contributed by atoms with Crippen molar-refractivity contribution < 1.29 is 27.5 Å². The lowest BCUT2D eigenvalue weighted by Crippen LogP contribution is -2.47. The molecular weight excluding hydrogens is 472 g/mol. The number of carbonyl (C=O) groups excluding carboxylic acids is 2. The zero-order chi connectivity index (χ0) is 24.8. The Bertz CT molecular complexity index is 1120. The fourth-order valence-electron chi connectivity index (χ4n) is 3.88. The van der Waals surface area contributed by atoms with Crippen molar-refractivity contribution in [3.8, 4) is 5.75 Å². The lowest BCUT2D eigenvalue weighted by atomic mass is 10.1. The minimum atomic E-state index is -3.58. The zero-order valence-electron chi connectivity index (χ0n) is 19.7. The van der Waals surface area contributed by atoms with Crippen molar-refractivity contribution >= 4 is 27.5 Å². The van der Waals surface area contributed by atoms with Crippen LogP contribution in [-0.2, 0) is 19.6 Å². The molecule has 0 radical (unpaired) electrons. The normalized spacial score (nSPS) is 17.7. The standard InChI is InChI=1S/C24H30N4O6S/c1-26-10-12-27(13-11-26)24(30)19-2-4-20(5-3-19)25-23(29)18-34-21-6-8-22(9-7-21)35(31,32)28-14-16-33-17-15-28/h2-9H,10-18H2,1H3,(H,25,29). The topological polar surface area (TPSA) is 108 Å². The Morgan fingerprint density at radius 2 is 1.54 bits per heavy atom. The summed E-state index contributed by atoms with van der Waals surface area (Å²) in [6, 6.07) is 12.8. The summed E-state index contributed by atoms with van der Waals surface area (Å²) in [5, 5.41) is 2.73. The smallest absolute Gasteiger partial charge is 0.262 e. The van der Waals surface area contributed by atoms with E-state index in [0.717, 1.165) is 13.1 Å². The molecule has 2 fully saturated rings. The second-order valence-corrected chi connectivity index (χ2v) is 10.4. The molecule has 1 N–H and O–H groups in total. The first-order valence-corrected chi connectivity index (χ1v) is 13.0. The van der Waals surface area contributed by atoms with Gasteiger partial charge in [0.1, 0.15) is 5.75 Å². The fraction of sp³-hybridized carbons (Fsp3) is 0.417. The number of nitrogens with zero attached hydrogens (tertiary/aromatic N) is 3. The highest BCUT2D eigenvalue weighted by Crippen LogP contribution is 2.20. The molecule has 2 aliphatic heterocycles. The summed E-state index contributed by atoms with van der Waals surface area (Å²) >= 11 is 0. The molecule has 4 rings (SSSR count). The zero-order valence-corrected chi connectivity index (χ0v) is 20.5. The molecule has 0 aliphatic carbocycles. The van der Waals surface area contributed by atoms with Gasteiger partial charge in [-0.05, 0) is 55.6 Å². The summed E-state index contributed by atoms with van der Waals surface area (Å²) in [5.74, 6) is 0.000693. The number of ether oxygens (including phenoxy) is 2. The van der Waals surface area contributed by atoms with Gasteiger partial charge in [-0.2, -0.15) is 4.31 Å². The predicted molar refractivity (Wildman–Crippen MR) is 130 cm³/mol. The lowest BCUT2D eigenvalue weighted by molar-refractivity contribution is -0.118. The highest BCUT2D eigenvalue weighted by atomic mass is 32.2. The molecule has 10 nitrogen and oxygen atoms in total. The van der Waals surface area contributed by atoms with Gasteiger partial charge in [0.2, 0.25) is 10.0 Å². The van der Waals surface area contributed by atoms with E-state index in [9.17, 15) is 18.0 Å². The molecule has 11 heteroatoms. The van der Waals surface area contributed by atoms with Crippen LogP contribution in [0.4, 0.5) is 5.69 Å². The van der Waals surface area contributed by atoms with Crippen LogP contribution in [0.2, 0.25) is 0 Å². The van der Waals surface area contributed by atoms with Crippen LogP contribution in [0.5, 0.6) is 5.75 Å². The summed E-state index contributed by atoms with van der Waals surface area (Å²) in [5.41, 5.74) is 1.14. The first-order chi connectivity index (χ1) is 16.8. The van der Waals surface area contributed by atoms with Crippen molar-refractivity contribution in [3.05, 3.63) is 54.1 Å². The SMILES string of the molecule is CN1CCN(C(=O)c2ccc(NC(=O)COc3ccc(S(=O)(=O)N4CCOCC4)cc3)cc2)CC1. The second kappa shape index (κ2) is 11.2. The number of amides is 2. The number of piperazine rings is 1. The van der Waals surface area contributed by atoms with Crippen molar-refractivity contribution in [2.45, 2.75) is 4.90 Å². The van der Waals surface area contributed by atoms with Crippen molar-refractivity contribution in [2.75, 3.05) is 71.5 Å². The molecule has 2 aromatic carbocycles. The number of hydrogen-bond donors (Lipinski definition) is 1. The van der Waals surface area contributed by atoms with Gasteiger partial charge in [0.05, 0.1) is 18.1 Å². The van der Waals surface area contributed by atoms with Crippen molar-refractivity contribution in [1.29, 1.82) is 0 Å². The van der Waals surface area contributed by atoms with Crippen molar-refractivity contribution in [2.24, 2.45) is 0 Å². The summed E-state index contributed by atoms with van der Waals surface area (Å²) in [4.78, 5) is 29.1. The highest BCUT2D eigenvalue weighted by Gasteiger charge is 2.26. The number of nitrogens with one attached hydrogen (secondary N) is 1. The van der Waals surface area contributed by atoms with Crippen LogP contribution in [0.1, 0.15) is 10.4 Å². The van der Waals surface area contributed by atoms with Crippen LogP contribution in [-0.4, -0.2) is 100 Å². The summed E-state index contributed by atoms with van der Waals surface area (Å²) in [6.07, 6.45) is 0. The Hall–Kier alpha value is -2.99. The van der Waals surface area contributed by atoms with Gasteiger partial charge in [-0.3, -0.25) is 9.59 Å². The molecule has 2 aliphatic rings. The number of likely N-dealkylation sites (N-methyl/N-ethyl adjacent to an activating group) is 1. The molecule has 2 heterocycles. The number of benzene rings is 2.